The summed E-state index contributed by atoms with van der Waals surface area (Å²) < 4.78 is 10.6. The van der Waals surface area contributed by atoms with Crippen molar-refractivity contribution in [3.63, 3.8) is 0 Å². The van der Waals surface area contributed by atoms with Gasteiger partial charge in [-0.25, -0.2) is 4.79 Å². The zero-order valence-corrected chi connectivity index (χ0v) is 25.5. The van der Waals surface area contributed by atoms with Crippen molar-refractivity contribution < 1.29 is 23.9 Å². The SMILES string of the molecule is CCc1ccc(C(C(=O)Nc2ccc(OC)cc2)N(C(=O)C(C)NC(=O)OC(C)(C)C)C(C)CCC(C)C)cc1. The van der Waals surface area contributed by atoms with Crippen LogP contribution < -0.4 is 15.4 Å². The molecule has 3 amide bonds. The Morgan fingerprint density at radius 2 is 1.50 bits per heavy atom. The molecule has 3 unspecified atom stereocenters. The van der Waals surface area contributed by atoms with Gasteiger partial charge >= 0.3 is 6.09 Å². The van der Waals surface area contributed by atoms with Gasteiger partial charge in [0.2, 0.25) is 5.91 Å². The second kappa shape index (κ2) is 14.7. The average molecular weight is 554 g/mol. The first-order valence-electron chi connectivity index (χ1n) is 14.1. The number of methoxy groups -OCH3 is 1. The zero-order chi connectivity index (χ0) is 30.0. The summed E-state index contributed by atoms with van der Waals surface area (Å²) in [4.78, 5) is 42.2. The van der Waals surface area contributed by atoms with Gasteiger partial charge in [0.05, 0.1) is 7.11 Å². The normalized spacial score (nSPS) is 13.7. The first kappa shape index (κ1) is 32.7. The molecule has 3 atom stereocenters. The molecule has 0 saturated heterocycles. The highest BCUT2D eigenvalue weighted by molar-refractivity contribution is 5.99. The lowest BCUT2D eigenvalue weighted by molar-refractivity contribution is -0.143. The van der Waals surface area contributed by atoms with Gasteiger partial charge in [-0.15, -0.1) is 0 Å². The third kappa shape index (κ3) is 9.88. The second-order valence-electron chi connectivity index (χ2n) is 11.6. The van der Waals surface area contributed by atoms with E-state index in [2.05, 4.69) is 31.4 Å². The molecule has 0 fully saturated rings. The molecule has 2 rings (SSSR count). The van der Waals surface area contributed by atoms with Crippen molar-refractivity contribution in [2.24, 2.45) is 5.92 Å². The number of ether oxygens (including phenoxy) is 2. The molecular formula is C32H47N3O5. The predicted molar refractivity (Wildman–Crippen MR) is 159 cm³/mol. The van der Waals surface area contributed by atoms with E-state index in [1.165, 1.54) is 0 Å². The second-order valence-corrected chi connectivity index (χ2v) is 11.6. The lowest BCUT2D eigenvalue weighted by atomic mass is 9.96. The molecule has 0 heterocycles. The number of carbonyl (C=O) groups excluding carboxylic acids is 3. The number of aryl methyl sites for hydroxylation is 1. The molecule has 0 bridgehead atoms. The molecule has 0 aliphatic carbocycles. The fraction of sp³-hybridized carbons (Fsp3) is 0.531. The lowest BCUT2D eigenvalue weighted by Crippen LogP contribution is -2.54. The Morgan fingerprint density at radius 3 is 2.00 bits per heavy atom. The summed E-state index contributed by atoms with van der Waals surface area (Å²) in [5.74, 6) is 0.387. The van der Waals surface area contributed by atoms with E-state index in [0.29, 0.717) is 29.3 Å². The van der Waals surface area contributed by atoms with Gasteiger partial charge in [-0.05, 0) is 95.2 Å². The van der Waals surface area contributed by atoms with Crippen molar-refractivity contribution >= 4 is 23.6 Å². The highest BCUT2D eigenvalue weighted by atomic mass is 16.6. The molecule has 0 spiro atoms. The van der Waals surface area contributed by atoms with E-state index < -0.39 is 23.8 Å². The van der Waals surface area contributed by atoms with Crippen molar-refractivity contribution in [1.29, 1.82) is 0 Å². The van der Waals surface area contributed by atoms with Gasteiger partial charge in [0.25, 0.3) is 5.91 Å². The topological polar surface area (TPSA) is 97.0 Å². The third-order valence-corrected chi connectivity index (χ3v) is 6.58. The number of nitrogens with zero attached hydrogens (tertiary/aromatic N) is 1. The fourth-order valence-electron chi connectivity index (χ4n) is 4.34. The van der Waals surface area contributed by atoms with E-state index in [1.807, 2.05) is 31.2 Å². The highest BCUT2D eigenvalue weighted by Gasteiger charge is 2.37. The molecule has 220 valence electrons. The van der Waals surface area contributed by atoms with Crippen LogP contribution in [0.2, 0.25) is 0 Å². The summed E-state index contributed by atoms with van der Waals surface area (Å²) in [6.45, 7) is 15.2. The number of benzene rings is 2. The number of amides is 3. The quantitative estimate of drug-likeness (QED) is 0.313. The molecule has 0 saturated carbocycles. The number of alkyl carbamates (subject to hydrolysis) is 1. The molecule has 2 N–H and O–H groups in total. The molecule has 8 nitrogen and oxygen atoms in total. The molecule has 2 aromatic carbocycles. The van der Waals surface area contributed by atoms with Crippen LogP contribution in [0.3, 0.4) is 0 Å². The Bertz CT molecular complexity index is 1110. The summed E-state index contributed by atoms with van der Waals surface area (Å²) in [7, 11) is 1.58. The van der Waals surface area contributed by atoms with Crippen LogP contribution in [0.5, 0.6) is 5.75 Å². The van der Waals surface area contributed by atoms with E-state index in [1.54, 1.807) is 64.0 Å². The van der Waals surface area contributed by atoms with Crippen LogP contribution in [0.15, 0.2) is 48.5 Å². The first-order valence-corrected chi connectivity index (χ1v) is 14.1. The Labute approximate surface area is 239 Å². The highest BCUT2D eigenvalue weighted by Crippen LogP contribution is 2.29. The van der Waals surface area contributed by atoms with Crippen molar-refractivity contribution in [2.45, 2.75) is 98.4 Å². The number of rotatable bonds is 12. The Morgan fingerprint density at radius 1 is 0.900 bits per heavy atom. The Hall–Kier alpha value is -3.55. The zero-order valence-electron chi connectivity index (χ0n) is 25.5. The van der Waals surface area contributed by atoms with Crippen molar-refractivity contribution in [3.8, 4) is 5.75 Å². The summed E-state index contributed by atoms with van der Waals surface area (Å²) >= 11 is 0. The van der Waals surface area contributed by atoms with Crippen LogP contribution in [-0.2, 0) is 20.7 Å². The van der Waals surface area contributed by atoms with E-state index in [-0.39, 0.29) is 17.9 Å². The molecule has 0 aliphatic heterocycles. The van der Waals surface area contributed by atoms with Gasteiger partial charge in [-0.2, -0.15) is 0 Å². The minimum atomic E-state index is -0.925. The Kier molecular flexibility index (Phi) is 12.0. The summed E-state index contributed by atoms with van der Waals surface area (Å²) in [5, 5.41) is 5.65. The molecule has 2 aromatic rings. The van der Waals surface area contributed by atoms with Crippen LogP contribution in [0.25, 0.3) is 0 Å². The molecule has 0 aliphatic rings. The number of anilines is 1. The summed E-state index contributed by atoms with van der Waals surface area (Å²) in [6.07, 6.45) is 1.74. The van der Waals surface area contributed by atoms with Crippen LogP contribution in [0, 0.1) is 5.92 Å². The number of carbonyl (C=O) groups is 3. The maximum absolute atomic E-state index is 14.1. The van der Waals surface area contributed by atoms with Crippen molar-refractivity contribution in [1.82, 2.24) is 10.2 Å². The van der Waals surface area contributed by atoms with Gasteiger partial charge in [0.15, 0.2) is 0 Å². The largest absolute Gasteiger partial charge is 0.497 e. The molecule has 8 heteroatoms. The minimum absolute atomic E-state index is 0.282. The standard InChI is InChI=1S/C32H47N3O5/c1-10-24-13-15-25(16-14-24)28(29(36)34-26-17-19-27(39-9)20-18-26)35(22(4)12-11-21(2)3)30(37)23(5)33-31(38)40-32(6,7)8/h13-23,28H,10-12H2,1-9H3,(H,33,38)(H,34,36). The molecule has 0 aromatic heterocycles. The smallest absolute Gasteiger partial charge is 0.408 e. The summed E-state index contributed by atoms with van der Waals surface area (Å²) in [5.41, 5.74) is 1.70. The first-order chi connectivity index (χ1) is 18.7. The van der Waals surface area contributed by atoms with Gasteiger partial charge in [0, 0.05) is 11.7 Å². The monoisotopic (exact) mass is 553 g/mol. The van der Waals surface area contributed by atoms with E-state index in [4.69, 9.17) is 9.47 Å². The molecule has 40 heavy (non-hydrogen) atoms. The number of nitrogens with one attached hydrogen (secondary N) is 2. The van der Waals surface area contributed by atoms with Crippen LogP contribution in [0.4, 0.5) is 10.5 Å². The molecular weight excluding hydrogens is 506 g/mol. The Balaban J connectivity index is 2.51. The summed E-state index contributed by atoms with van der Waals surface area (Å²) in [6, 6.07) is 12.7. The van der Waals surface area contributed by atoms with Gasteiger partial charge in [-0.3, -0.25) is 9.59 Å². The van der Waals surface area contributed by atoms with Crippen molar-refractivity contribution in [2.75, 3.05) is 12.4 Å². The van der Waals surface area contributed by atoms with Gasteiger partial charge < -0.3 is 25.0 Å². The van der Waals surface area contributed by atoms with E-state index in [0.717, 1.165) is 18.4 Å². The van der Waals surface area contributed by atoms with E-state index in [9.17, 15) is 14.4 Å². The maximum atomic E-state index is 14.1. The third-order valence-electron chi connectivity index (χ3n) is 6.58. The minimum Gasteiger partial charge on any atom is -0.497 e. The fourth-order valence-corrected chi connectivity index (χ4v) is 4.34. The number of hydrogen-bond acceptors (Lipinski definition) is 5. The molecule has 0 radical (unpaired) electrons. The van der Waals surface area contributed by atoms with Crippen LogP contribution in [0.1, 0.15) is 85.4 Å². The maximum Gasteiger partial charge on any atom is 0.408 e. The van der Waals surface area contributed by atoms with Crippen molar-refractivity contribution in [3.05, 3.63) is 59.7 Å². The van der Waals surface area contributed by atoms with Gasteiger partial charge in [0.1, 0.15) is 23.4 Å². The van der Waals surface area contributed by atoms with Gasteiger partial charge in [-0.1, -0.05) is 45.0 Å². The number of hydrogen-bond donors (Lipinski definition) is 2. The van der Waals surface area contributed by atoms with Crippen LogP contribution in [-0.4, -0.2) is 47.6 Å². The predicted octanol–water partition coefficient (Wildman–Crippen LogP) is 6.50. The van der Waals surface area contributed by atoms with Crippen LogP contribution >= 0.6 is 0 Å². The van der Waals surface area contributed by atoms with E-state index >= 15 is 0 Å². The average Bonchev–Trinajstić information content (AvgIpc) is 2.89. The lowest BCUT2D eigenvalue weighted by Gasteiger charge is -2.38.